The number of hydrogen-bond donors (Lipinski definition) is 0. The molecule has 2 heteroatoms. The third kappa shape index (κ3) is 2.63. The molecular weight excluding hydrogens is 176 g/mol. The molecule has 0 amide bonds. The molecule has 1 aromatic rings. The minimum Gasteiger partial charge on any atom is -0.475 e. The van der Waals surface area contributed by atoms with Gasteiger partial charge in [0.25, 0.3) is 0 Å². The molecule has 0 saturated carbocycles. The fourth-order valence-electron chi connectivity index (χ4n) is 0.939. The predicted molar refractivity (Wildman–Crippen MR) is 55.4 cm³/mol. The van der Waals surface area contributed by atoms with Gasteiger partial charge >= 0.3 is 0 Å². The Hall–Kier alpha value is -1.75. The summed E-state index contributed by atoms with van der Waals surface area (Å²) in [5.74, 6) is 3.19. The lowest BCUT2D eigenvalue weighted by Gasteiger charge is -2.19. The molecule has 0 saturated heterocycles. The van der Waals surface area contributed by atoms with E-state index in [1.165, 1.54) is 0 Å². The van der Waals surface area contributed by atoms with Crippen LogP contribution in [0.1, 0.15) is 24.2 Å². The van der Waals surface area contributed by atoms with Gasteiger partial charge in [-0.1, -0.05) is 5.92 Å². The van der Waals surface area contributed by atoms with Gasteiger partial charge in [-0.3, -0.25) is 4.79 Å². The molecular formula is C12H12O2. The van der Waals surface area contributed by atoms with E-state index in [-0.39, 0.29) is 0 Å². The lowest BCUT2D eigenvalue weighted by atomic mass is 10.1. The third-order valence-electron chi connectivity index (χ3n) is 1.74. The lowest BCUT2D eigenvalue weighted by molar-refractivity contribution is 0.112. The van der Waals surface area contributed by atoms with E-state index in [1.807, 2.05) is 0 Å². The Balaban J connectivity index is 2.80. The minimum atomic E-state index is -0.622. The van der Waals surface area contributed by atoms with Gasteiger partial charge in [0.1, 0.15) is 12.0 Å². The van der Waals surface area contributed by atoms with E-state index >= 15 is 0 Å². The van der Waals surface area contributed by atoms with E-state index < -0.39 is 5.60 Å². The standard InChI is InChI=1S/C12H12O2/c1-4-12(2,3)14-11-7-5-10(9-13)6-8-11/h1,5-9H,2-3H3. The summed E-state index contributed by atoms with van der Waals surface area (Å²) in [6, 6.07) is 6.83. The molecule has 0 spiro atoms. The molecule has 1 aromatic carbocycles. The van der Waals surface area contributed by atoms with Crippen LogP contribution in [0.4, 0.5) is 0 Å². The van der Waals surface area contributed by atoms with Crippen LogP contribution in [0.3, 0.4) is 0 Å². The highest BCUT2D eigenvalue weighted by molar-refractivity contribution is 5.74. The molecule has 1 rings (SSSR count). The third-order valence-corrected chi connectivity index (χ3v) is 1.74. The zero-order valence-electron chi connectivity index (χ0n) is 8.28. The lowest BCUT2D eigenvalue weighted by Crippen LogP contribution is -2.25. The molecule has 2 nitrogen and oxygen atoms in total. The van der Waals surface area contributed by atoms with Gasteiger partial charge in [-0.25, -0.2) is 0 Å². The van der Waals surface area contributed by atoms with Gasteiger partial charge < -0.3 is 4.74 Å². The van der Waals surface area contributed by atoms with Crippen molar-refractivity contribution in [1.29, 1.82) is 0 Å². The molecule has 0 aliphatic carbocycles. The van der Waals surface area contributed by atoms with Crippen LogP contribution >= 0.6 is 0 Å². The number of ether oxygens (including phenoxy) is 1. The summed E-state index contributed by atoms with van der Waals surface area (Å²) in [4.78, 5) is 10.4. The van der Waals surface area contributed by atoms with E-state index in [2.05, 4.69) is 5.92 Å². The van der Waals surface area contributed by atoms with Crippen LogP contribution in [0.25, 0.3) is 0 Å². The zero-order valence-corrected chi connectivity index (χ0v) is 8.28. The predicted octanol–water partition coefficient (Wildman–Crippen LogP) is 2.29. The fourth-order valence-corrected chi connectivity index (χ4v) is 0.939. The van der Waals surface area contributed by atoms with Crippen molar-refractivity contribution in [2.75, 3.05) is 0 Å². The molecule has 0 fully saturated rings. The summed E-state index contributed by atoms with van der Waals surface area (Å²) < 4.78 is 5.50. The molecule has 0 bridgehead atoms. The number of carbonyl (C=O) groups excluding carboxylic acids is 1. The summed E-state index contributed by atoms with van der Waals surface area (Å²) in [6.45, 7) is 3.61. The molecule has 72 valence electrons. The van der Waals surface area contributed by atoms with E-state index in [0.29, 0.717) is 11.3 Å². The Morgan fingerprint density at radius 1 is 1.36 bits per heavy atom. The van der Waals surface area contributed by atoms with Gasteiger partial charge in [0.05, 0.1) is 0 Å². The number of carbonyl (C=O) groups is 1. The van der Waals surface area contributed by atoms with Crippen molar-refractivity contribution < 1.29 is 9.53 Å². The van der Waals surface area contributed by atoms with E-state index in [4.69, 9.17) is 11.2 Å². The highest BCUT2D eigenvalue weighted by atomic mass is 16.5. The molecule has 0 aliphatic rings. The number of hydrogen-bond acceptors (Lipinski definition) is 2. The summed E-state index contributed by atoms with van der Waals surface area (Å²) >= 11 is 0. The molecule has 0 N–H and O–H groups in total. The number of benzene rings is 1. The largest absolute Gasteiger partial charge is 0.475 e. The van der Waals surface area contributed by atoms with E-state index in [0.717, 1.165) is 6.29 Å². The van der Waals surface area contributed by atoms with Crippen LogP contribution in [0.5, 0.6) is 5.75 Å². The first kappa shape index (κ1) is 10.3. The van der Waals surface area contributed by atoms with Crippen molar-refractivity contribution in [2.24, 2.45) is 0 Å². The van der Waals surface area contributed by atoms with Crippen molar-refractivity contribution in [3.63, 3.8) is 0 Å². The second kappa shape index (κ2) is 3.97. The number of aldehydes is 1. The van der Waals surface area contributed by atoms with Crippen molar-refractivity contribution in [3.05, 3.63) is 29.8 Å². The average molecular weight is 188 g/mol. The van der Waals surface area contributed by atoms with E-state index in [1.54, 1.807) is 38.1 Å². The van der Waals surface area contributed by atoms with Crippen LogP contribution in [0.15, 0.2) is 24.3 Å². The maximum Gasteiger partial charge on any atom is 0.163 e. The van der Waals surface area contributed by atoms with Gasteiger partial charge in [-0.05, 0) is 38.1 Å². The Labute approximate surface area is 83.9 Å². The van der Waals surface area contributed by atoms with Crippen molar-refractivity contribution >= 4 is 6.29 Å². The van der Waals surface area contributed by atoms with E-state index in [9.17, 15) is 4.79 Å². The topological polar surface area (TPSA) is 26.3 Å². The van der Waals surface area contributed by atoms with Gasteiger partial charge in [0, 0.05) is 5.56 Å². The molecule has 0 heterocycles. The second-order valence-electron chi connectivity index (χ2n) is 3.44. The highest BCUT2D eigenvalue weighted by Gasteiger charge is 2.14. The number of rotatable bonds is 3. The van der Waals surface area contributed by atoms with Gasteiger partial charge in [-0.15, -0.1) is 6.42 Å². The zero-order chi connectivity index (χ0) is 10.6. The van der Waals surface area contributed by atoms with Gasteiger partial charge in [-0.2, -0.15) is 0 Å². The normalized spacial score (nSPS) is 10.4. The van der Waals surface area contributed by atoms with Crippen LogP contribution < -0.4 is 4.74 Å². The molecule has 0 unspecified atom stereocenters. The SMILES string of the molecule is C#CC(C)(C)Oc1ccc(C=O)cc1. The van der Waals surface area contributed by atoms with Crippen molar-refractivity contribution in [2.45, 2.75) is 19.4 Å². The van der Waals surface area contributed by atoms with Gasteiger partial charge in [0.2, 0.25) is 0 Å². The molecule has 0 radical (unpaired) electrons. The first-order valence-corrected chi connectivity index (χ1v) is 4.29. The summed E-state index contributed by atoms with van der Waals surface area (Å²) in [5.41, 5.74) is -0.00116. The van der Waals surface area contributed by atoms with Crippen LogP contribution in [-0.4, -0.2) is 11.9 Å². The van der Waals surface area contributed by atoms with Crippen LogP contribution in [-0.2, 0) is 0 Å². The number of terminal acetylenes is 1. The maximum absolute atomic E-state index is 10.4. The Morgan fingerprint density at radius 2 is 1.93 bits per heavy atom. The first-order chi connectivity index (χ1) is 6.57. The molecule has 0 atom stereocenters. The Morgan fingerprint density at radius 3 is 2.36 bits per heavy atom. The summed E-state index contributed by atoms with van der Waals surface area (Å²) in [7, 11) is 0. The monoisotopic (exact) mass is 188 g/mol. The van der Waals surface area contributed by atoms with Gasteiger partial charge in [0.15, 0.2) is 5.60 Å². The minimum absolute atomic E-state index is 0.621. The quantitative estimate of drug-likeness (QED) is 0.537. The smallest absolute Gasteiger partial charge is 0.163 e. The van der Waals surface area contributed by atoms with Crippen molar-refractivity contribution in [3.8, 4) is 18.1 Å². The summed E-state index contributed by atoms with van der Waals surface area (Å²) in [6.07, 6.45) is 6.07. The molecule has 0 aromatic heterocycles. The van der Waals surface area contributed by atoms with Crippen LogP contribution in [0.2, 0.25) is 0 Å². The highest BCUT2D eigenvalue weighted by Crippen LogP contribution is 2.17. The molecule has 14 heavy (non-hydrogen) atoms. The van der Waals surface area contributed by atoms with Crippen LogP contribution in [0, 0.1) is 12.3 Å². The summed E-state index contributed by atoms with van der Waals surface area (Å²) in [5, 5.41) is 0. The Bertz CT molecular complexity index is 355. The maximum atomic E-state index is 10.4. The average Bonchev–Trinajstić information content (AvgIpc) is 2.19. The first-order valence-electron chi connectivity index (χ1n) is 4.29. The fraction of sp³-hybridized carbons (Fsp3) is 0.250. The van der Waals surface area contributed by atoms with Crippen molar-refractivity contribution in [1.82, 2.24) is 0 Å². The molecule has 0 aliphatic heterocycles. The Kier molecular flexibility index (Phi) is 2.93. The second-order valence-corrected chi connectivity index (χ2v) is 3.44.